The normalized spacial score (nSPS) is 21.5. The van der Waals surface area contributed by atoms with E-state index in [1.807, 2.05) is 13.8 Å². The van der Waals surface area contributed by atoms with E-state index in [-0.39, 0.29) is 47.5 Å². The molecular formula is C73H64O12. The van der Waals surface area contributed by atoms with Crippen LogP contribution in [0.3, 0.4) is 0 Å². The van der Waals surface area contributed by atoms with Crippen molar-refractivity contribution in [1.82, 2.24) is 0 Å². The van der Waals surface area contributed by atoms with E-state index in [4.69, 9.17) is 28.4 Å². The third kappa shape index (κ3) is 24.4. The average Bonchev–Trinajstić information content (AvgIpc) is 1.79. The lowest BCUT2D eigenvalue weighted by atomic mass is 9.44. The Hall–Kier alpha value is -10.2. The van der Waals surface area contributed by atoms with Crippen molar-refractivity contribution in [3.8, 4) is 189 Å². The van der Waals surface area contributed by atoms with Crippen molar-refractivity contribution in [2.45, 2.75) is 157 Å². The molecule has 0 aliphatic heterocycles. The summed E-state index contributed by atoms with van der Waals surface area (Å²) in [5.41, 5.74) is 0.278. The molecule has 3 unspecified atom stereocenters. The SMILES string of the molecule is CC#CC#CC#CC#CC#CC#CC#CC#CC(=O)OCC(COC(=O)C#CC#CC#CC#CC#CC#CC#CC#CC)OC(=O)CC(C)CCC(C)CC(=O)OC(C)OC(=O)O[C@@H]1CC[C@@]2(C)[C@@H](CC[C@@H]3[C@@H]2CC[C@]2(C)[C@@H](C(C)=O)CC[C@@H]32)C1. The molecule has 428 valence electrons. The fourth-order valence-electron chi connectivity index (χ4n) is 11.7. The van der Waals surface area contributed by atoms with Crippen molar-refractivity contribution in [1.29, 1.82) is 0 Å². The molecule has 0 N–H and O–H groups in total. The molecule has 0 aromatic rings. The van der Waals surface area contributed by atoms with E-state index in [9.17, 15) is 28.8 Å². The number of fused-ring (bicyclic) bond motifs is 5. The molecule has 4 aliphatic rings. The number of esters is 4. The van der Waals surface area contributed by atoms with Crippen molar-refractivity contribution in [3.63, 3.8) is 0 Å². The van der Waals surface area contributed by atoms with Crippen LogP contribution in [-0.4, -0.2) is 67.5 Å². The molecule has 0 aromatic carbocycles. The number of ether oxygens (including phenoxy) is 6. The molecule has 4 saturated carbocycles. The highest BCUT2D eigenvalue weighted by Crippen LogP contribution is 2.67. The third-order valence-corrected chi connectivity index (χ3v) is 15.4. The Morgan fingerprint density at radius 3 is 1.33 bits per heavy atom. The minimum absolute atomic E-state index is 0.0333. The van der Waals surface area contributed by atoms with Crippen LogP contribution in [0.5, 0.6) is 0 Å². The lowest BCUT2D eigenvalue weighted by molar-refractivity contribution is -0.172. The van der Waals surface area contributed by atoms with Crippen LogP contribution in [0.1, 0.15) is 139 Å². The van der Waals surface area contributed by atoms with Crippen LogP contribution in [0.15, 0.2) is 0 Å². The van der Waals surface area contributed by atoms with Gasteiger partial charge in [0.05, 0.1) is 0 Å². The Kier molecular flexibility index (Phi) is 29.3. The fourth-order valence-corrected chi connectivity index (χ4v) is 11.7. The predicted molar refractivity (Wildman–Crippen MR) is 317 cm³/mol. The lowest BCUT2D eigenvalue weighted by Crippen LogP contribution is -2.54. The molecule has 4 aliphatic carbocycles. The van der Waals surface area contributed by atoms with Crippen LogP contribution in [0, 0.1) is 242 Å². The number of hydrogen-bond donors (Lipinski definition) is 0. The van der Waals surface area contributed by atoms with Crippen molar-refractivity contribution < 1.29 is 57.2 Å². The van der Waals surface area contributed by atoms with Gasteiger partial charge >= 0.3 is 30.0 Å². The zero-order valence-electron chi connectivity index (χ0n) is 49.3. The Morgan fingerprint density at radius 1 is 0.471 bits per heavy atom. The number of carbonyl (C=O) groups excluding carboxylic acids is 6. The maximum Gasteiger partial charge on any atom is 0.511 e. The summed E-state index contributed by atoms with van der Waals surface area (Å²) in [4.78, 5) is 76.5. The first-order chi connectivity index (χ1) is 41.0. The average molecular weight is 1130 g/mol. The molecule has 4 rings (SSSR count). The van der Waals surface area contributed by atoms with Gasteiger partial charge in [0.15, 0.2) is 6.10 Å². The highest BCUT2D eigenvalue weighted by molar-refractivity contribution is 5.89. The van der Waals surface area contributed by atoms with E-state index in [2.05, 4.69) is 203 Å². The maximum atomic E-state index is 13.1. The molecule has 12 nitrogen and oxygen atoms in total. The summed E-state index contributed by atoms with van der Waals surface area (Å²) >= 11 is 0. The van der Waals surface area contributed by atoms with Gasteiger partial charge in [-0.2, -0.15) is 0 Å². The number of rotatable bonds is 16. The van der Waals surface area contributed by atoms with E-state index >= 15 is 0 Å². The second-order valence-corrected chi connectivity index (χ2v) is 21.1. The van der Waals surface area contributed by atoms with Gasteiger partial charge in [-0.3, -0.25) is 14.4 Å². The van der Waals surface area contributed by atoms with Gasteiger partial charge in [-0.25, -0.2) is 14.4 Å². The molecule has 4 fully saturated rings. The van der Waals surface area contributed by atoms with E-state index in [1.54, 1.807) is 20.8 Å². The van der Waals surface area contributed by atoms with Gasteiger partial charge in [0.2, 0.25) is 6.29 Å². The number of ketones is 1. The smallest absolute Gasteiger partial charge is 0.455 e. The van der Waals surface area contributed by atoms with Gasteiger partial charge < -0.3 is 28.4 Å². The Labute approximate surface area is 503 Å². The summed E-state index contributed by atoms with van der Waals surface area (Å²) in [7, 11) is 0. The maximum absolute atomic E-state index is 13.1. The van der Waals surface area contributed by atoms with Crippen LogP contribution < -0.4 is 0 Å². The van der Waals surface area contributed by atoms with E-state index in [0.717, 1.165) is 57.8 Å². The molecule has 11 atom stereocenters. The first kappa shape index (κ1) is 67.3. The first-order valence-electron chi connectivity index (χ1n) is 27.9. The molecule has 0 heterocycles. The molecule has 0 saturated heterocycles. The van der Waals surface area contributed by atoms with Crippen molar-refractivity contribution >= 4 is 35.8 Å². The zero-order valence-corrected chi connectivity index (χ0v) is 49.3. The molecule has 12 heteroatoms. The van der Waals surface area contributed by atoms with Crippen LogP contribution in [-0.2, 0) is 52.4 Å². The zero-order chi connectivity index (χ0) is 61.7. The number of Topliss-reactive ketones (excluding diaryl/α,β-unsaturated/α-hetero) is 1. The highest BCUT2D eigenvalue weighted by Gasteiger charge is 2.61. The Bertz CT molecular complexity index is 3490. The second-order valence-electron chi connectivity index (χ2n) is 21.1. The Balaban J connectivity index is 1.22. The minimum Gasteiger partial charge on any atom is -0.455 e. The number of hydrogen-bond acceptors (Lipinski definition) is 12. The summed E-state index contributed by atoms with van der Waals surface area (Å²) in [5, 5.41) is 0. The van der Waals surface area contributed by atoms with Crippen LogP contribution in [0.2, 0.25) is 0 Å². The minimum atomic E-state index is -1.25. The summed E-state index contributed by atoms with van der Waals surface area (Å²) in [6, 6.07) is 0. The summed E-state index contributed by atoms with van der Waals surface area (Å²) in [6.45, 7) is 14.0. The highest BCUT2D eigenvalue weighted by atomic mass is 16.8. The summed E-state index contributed by atoms with van der Waals surface area (Å²) in [6.07, 6.45) is 6.60. The number of carbonyl (C=O) groups is 6. The van der Waals surface area contributed by atoms with E-state index < -0.39 is 55.6 Å². The van der Waals surface area contributed by atoms with Gasteiger partial charge in [0.25, 0.3) is 0 Å². The largest absolute Gasteiger partial charge is 0.511 e. The molecular weight excluding hydrogens is 1070 g/mol. The quantitative estimate of drug-likeness (QED) is 0.0492. The van der Waals surface area contributed by atoms with Crippen LogP contribution >= 0.6 is 0 Å². The van der Waals surface area contributed by atoms with Crippen molar-refractivity contribution in [3.05, 3.63) is 0 Å². The Morgan fingerprint density at radius 2 is 0.882 bits per heavy atom. The van der Waals surface area contributed by atoms with E-state index in [1.165, 1.54) is 6.92 Å². The second kappa shape index (κ2) is 37.0. The topological polar surface area (TPSA) is 158 Å². The molecule has 0 radical (unpaired) electrons. The molecule has 0 bridgehead atoms. The van der Waals surface area contributed by atoms with Crippen LogP contribution in [0.25, 0.3) is 0 Å². The molecule has 85 heavy (non-hydrogen) atoms. The van der Waals surface area contributed by atoms with E-state index in [0.29, 0.717) is 42.3 Å². The van der Waals surface area contributed by atoms with Crippen molar-refractivity contribution in [2.24, 2.45) is 52.3 Å². The summed E-state index contributed by atoms with van der Waals surface area (Å²) < 4.78 is 32.5. The van der Waals surface area contributed by atoms with Gasteiger partial charge in [0, 0.05) is 37.5 Å². The molecule has 0 spiro atoms. The van der Waals surface area contributed by atoms with Gasteiger partial charge in [0.1, 0.15) is 25.1 Å². The van der Waals surface area contributed by atoms with Gasteiger partial charge in [-0.15, -0.1) is 0 Å². The van der Waals surface area contributed by atoms with Crippen LogP contribution in [0.4, 0.5) is 4.79 Å². The third-order valence-electron chi connectivity index (χ3n) is 15.4. The summed E-state index contributed by atoms with van der Waals surface area (Å²) in [5.74, 6) is 77.5. The lowest BCUT2D eigenvalue weighted by Gasteiger charge is -2.61. The molecule has 0 aromatic heterocycles. The van der Waals surface area contributed by atoms with Crippen molar-refractivity contribution in [2.75, 3.05) is 13.2 Å². The monoisotopic (exact) mass is 1130 g/mol. The fraction of sp³-hybridized carbons (Fsp3) is 0.479. The predicted octanol–water partition coefficient (Wildman–Crippen LogP) is 7.57. The first-order valence-corrected chi connectivity index (χ1v) is 27.9. The molecule has 0 amide bonds. The standard InChI is InChI=1S/C73H64O12/c1-9-11-13-15-17-19-21-23-25-27-29-31-33-35-37-39-67(75)80-54-62(55-81-68(76)40-38-36-34-32-30-28-26-24-22-20-18-16-14-12-10-2)84-70(78)52-57(4)42-41-56(3)51-69(77)82-59(6)83-71(79)85-61-47-49-72(7)60(53-61)43-44-63-65-46-45-64(58(5)74)73(65,8)50-48-66(63)72/h56-57,59-66H,41-55H2,1-8H3/t56?,57?,59?,60-,61+,63-,64+,65-,66-,72-,73+/m0/s1. The van der Waals surface area contributed by atoms with Gasteiger partial charge in [-0.1, -0.05) is 39.5 Å². The van der Waals surface area contributed by atoms with Gasteiger partial charge in [-0.05, 0) is 304 Å².